The minimum atomic E-state index is -0.198. The van der Waals surface area contributed by atoms with Gasteiger partial charge in [-0.1, -0.05) is 12.1 Å². The second-order valence-corrected chi connectivity index (χ2v) is 6.95. The molecule has 0 radical (unpaired) electrons. The van der Waals surface area contributed by atoms with Gasteiger partial charge in [0.05, 0.1) is 13.2 Å². The first kappa shape index (κ1) is 21.6. The second kappa shape index (κ2) is 12.6. The molecule has 0 bridgehead atoms. The number of nitrogens with zero attached hydrogens (tertiary/aromatic N) is 2. The summed E-state index contributed by atoms with van der Waals surface area (Å²) in [5.74, 6) is 1.17. The van der Waals surface area contributed by atoms with Gasteiger partial charge >= 0.3 is 0 Å². The van der Waals surface area contributed by atoms with Gasteiger partial charge in [0, 0.05) is 52.4 Å². The molecule has 1 aromatic carbocycles. The van der Waals surface area contributed by atoms with E-state index in [4.69, 9.17) is 9.47 Å². The molecule has 152 valence electrons. The van der Waals surface area contributed by atoms with Crippen molar-refractivity contribution in [2.24, 2.45) is 10.9 Å². The smallest absolute Gasteiger partial charge is 0.191 e. The number of hydrogen-bond donors (Lipinski definition) is 2. The Labute approximate surface area is 162 Å². The number of ether oxygens (including phenoxy) is 2. The average molecular weight is 381 g/mol. The van der Waals surface area contributed by atoms with Crippen LogP contribution in [-0.2, 0) is 16.0 Å². The van der Waals surface area contributed by atoms with E-state index < -0.39 is 0 Å². The summed E-state index contributed by atoms with van der Waals surface area (Å²) < 4.78 is 24.0. The first-order chi connectivity index (χ1) is 13.2. The summed E-state index contributed by atoms with van der Waals surface area (Å²) in [6.45, 7) is 6.53. The zero-order chi connectivity index (χ0) is 19.3. The van der Waals surface area contributed by atoms with E-state index in [1.165, 1.54) is 12.1 Å². The zero-order valence-electron chi connectivity index (χ0n) is 16.5. The third-order valence-corrected chi connectivity index (χ3v) is 4.51. The Kier molecular flexibility index (Phi) is 10.1. The topological polar surface area (TPSA) is 58.1 Å². The third kappa shape index (κ3) is 9.17. The minimum absolute atomic E-state index is 0.198. The lowest BCUT2D eigenvalue weighted by atomic mass is 10.1. The van der Waals surface area contributed by atoms with Crippen LogP contribution < -0.4 is 10.6 Å². The van der Waals surface area contributed by atoms with Gasteiger partial charge in [-0.3, -0.25) is 4.99 Å². The molecular formula is C20H33FN4O2. The highest BCUT2D eigenvalue weighted by Crippen LogP contribution is 2.12. The van der Waals surface area contributed by atoms with Crippen LogP contribution in [0.25, 0.3) is 0 Å². The van der Waals surface area contributed by atoms with Gasteiger partial charge in [0.25, 0.3) is 0 Å². The number of rotatable bonds is 11. The Morgan fingerprint density at radius 1 is 1.30 bits per heavy atom. The summed E-state index contributed by atoms with van der Waals surface area (Å²) >= 11 is 0. The van der Waals surface area contributed by atoms with Crippen molar-refractivity contribution in [2.45, 2.75) is 19.4 Å². The number of halogens is 1. The van der Waals surface area contributed by atoms with Crippen molar-refractivity contribution in [1.82, 2.24) is 15.5 Å². The summed E-state index contributed by atoms with van der Waals surface area (Å²) in [4.78, 5) is 6.42. The summed E-state index contributed by atoms with van der Waals surface area (Å²) in [7, 11) is 3.82. The van der Waals surface area contributed by atoms with Crippen LogP contribution in [0.4, 0.5) is 4.39 Å². The van der Waals surface area contributed by atoms with Gasteiger partial charge in [-0.15, -0.1) is 0 Å². The fourth-order valence-corrected chi connectivity index (χ4v) is 2.91. The first-order valence-electron chi connectivity index (χ1n) is 9.70. The second-order valence-electron chi connectivity index (χ2n) is 6.95. The van der Waals surface area contributed by atoms with Crippen LogP contribution in [0, 0.1) is 11.7 Å². The van der Waals surface area contributed by atoms with Crippen molar-refractivity contribution in [3.63, 3.8) is 0 Å². The van der Waals surface area contributed by atoms with Crippen LogP contribution >= 0.6 is 0 Å². The van der Waals surface area contributed by atoms with Crippen LogP contribution in [0.5, 0.6) is 0 Å². The molecule has 0 saturated carbocycles. The molecule has 1 atom stereocenters. The van der Waals surface area contributed by atoms with E-state index in [2.05, 4.69) is 20.5 Å². The standard InChI is InChI=1S/C20H33FN4O2/c1-22-20(23-9-3-12-26-15-18-8-13-27-16-18)24-10-11-25(2)14-17-4-6-19(21)7-5-17/h4-7,18H,3,8-16H2,1-2H3,(H2,22,23,24). The van der Waals surface area contributed by atoms with Gasteiger partial charge in [0.15, 0.2) is 5.96 Å². The molecule has 2 rings (SSSR count). The predicted molar refractivity (Wildman–Crippen MR) is 106 cm³/mol. The number of benzene rings is 1. The molecule has 7 heteroatoms. The van der Waals surface area contributed by atoms with Gasteiger partial charge in [-0.25, -0.2) is 4.39 Å². The largest absolute Gasteiger partial charge is 0.381 e. The molecule has 27 heavy (non-hydrogen) atoms. The maximum absolute atomic E-state index is 12.9. The molecule has 1 saturated heterocycles. The number of likely N-dealkylation sites (N-methyl/N-ethyl adjacent to an activating group) is 1. The molecule has 1 unspecified atom stereocenters. The number of hydrogen-bond acceptors (Lipinski definition) is 4. The van der Waals surface area contributed by atoms with Gasteiger partial charge in [-0.2, -0.15) is 0 Å². The van der Waals surface area contributed by atoms with Crippen LogP contribution in [-0.4, -0.2) is 71.0 Å². The molecule has 1 aliphatic rings. The van der Waals surface area contributed by atoms with Gasteiger partial charge in [0.1, 0.15) is 5.82 Å². The van der Waals surface area contributed by atoms with Crippen LogP contribution in [0.1, 0.15) is 18.4 Å². The van der Waals surface area contributed by atoms with Crippen LogP contribution in [0.2, 0.25) is 0 Å². The average Bonchev–Trinajstić information content (AvgIpc) is 3.18. The molecule has 0 spiro atoms. The highest BCUT2D eigenvalue weighted by Gasteiger charge is 2.15. The fourth-order valence-electron chi connectivity index (χ4n) is 2.91. The number of guanidine groups is 1. The Balaban J connectivity index is 1.49. The highest BCUT2D eigenvalue weighted by atomic mass is 19.1. The van der Waals surface area contributed by atoms with E-state index in [0.717, 1.165) is 77.0 Å². The summed E-state index contributed by atoms with van der Waals surface area (Å²) in [5, 5.41) is 6.61. The molecule has 1 aliphatic heterocycles. The lowest BCUT2D eigenvalue weighted by Crippen LogP contribution is -2.41. The zero-order valence-corrected chi connectivity index (χ0v) is 16.5. The molecule has 1 aromatic rings. The normalized spacial score (nSPS) is 17.5. The summed E-state index contributed by atoms with van der Waals surface area (Å²) in [6, 6.07) is 6.64. The van der Waals surface area contributed by atoms with Crippen molar-refractivity contribution in [3.8, 4) is 0 Å². The Bertz CT molecular complexity index is 547. The SMILES string of the molecule is CN=C(NCCCOCC1CCOC1)NCCN(C)Cc1ccc(F)cc1. The molecule has 2 N–H and O–H groups in total. The van der Waals surface area contributed by atoms with E-state index in [9.17, 15) is 4.39 Å². The molecule has 1 fully saturated rings. The molecule has 0 aliphatic carbocycles. The molecular weight excluding hydrogens is 347 g/mol. The van der Waals surface area contributed by atoms with Crippen molar-refractivity contribution in [3.05, 3.63) is 35.6 Å². The van der Waals surface area contributed by atoms with E-state index in [1.54, 1.807) is 7.05 Å². The maximum Gasteiger partial charge on any atom is 0.191 e. The van der Waals surface area contributed by atoms with E-state index >= 15 is 0 Å². The van der Waals surface area contributed by atoms with E-state index in [-0.39, 0.29) is 5.82 Å². The monoisotopic (exact) mass is 380 g/mol. The predicted octanol–water partition coefficient (Wildman–Crippen LogP) is 1.87. The number of aliphatic imine (C=N–C) groups is 1. The van der Waals surface area contributed by atoms with Crippen molar-refractivity contribution in [1.29, 1.82) is 0 Å². The molecule has 0 aromatic heterocycles. The molecule has 6 nitrogen and oxygen atoms in total. The van der Waals surface area contributed by atoms with Gasteiger partial charge in [0.2, 0.25) is 0 Å². The van der Waals surface area contributed by atoms with Crippen molar-refractivity contribution < 1.29 is 13.9 Å². The fraction of sp³-hybridized carbons (Fsp3) is 0.650. The summed E-state index contributed by atoms with van der Waals surface area (Å²) in [5.41, 5.74) is 1.10. The minimum Gasteiger partial charge on any atom is -0.381 e. The Hall–Kier alpha value is -1.70. The Morgan fingerprint density at radius 2 is 2.07 bits per heavy atom. The van der Waals surface area contributed by atoms with Gasteiger partial charge < -0.3 is 25.0 Å². The third-order valence-electron chi connectivity index (χ3n) is 4.51. The summed E-state index contributed by atoms with van der Waals surface area (Å²) in [6.07, 6.45) is 2.06. The van der Waals surface area contributed by atoms with Crippen molar-refractivity contribution in [2.75, 3.05) is 60.2 Å². The Morgan fingerprint density at radius 3 is 2.78 bits per heavy atom. The molecule has 0 amide bonds. The lowest BCUT2D eigenvalue weighted by Gasteiger charge is -2.18. The van der Waals surface area contributed by atoms with Gasteiger partial charge in [-0.05, 0) is 37.6 Å². The first-order valence-corrected chi connectivity index (χ1v) is 9.70. The van der Waals surface area contributed by atoms with E-state index in [1.807, 2.05) is 19.2 Å². The van der Waals surface area contributed by atoms with E-state index in [0.29, 0.717) is 5.92 Å². The number of nitrogens with one attached hydrogen (secondary N) is 2. The van der Waals surface area contributed by atoms with Crippen LogP contribution in [0.3, 0.4) is 0 Å². The molecule has 1 heterocycles. The quantitative estimate of drug-likeness (QED) is 0.349. The maximum atomic E-state index is 12.9. The highest BCUT2D eigenvalue weighted by molar-refractivity contribution is 5.79. The lowest BCUT2D eigenvalue weighted by molar-refractivity contribution is 0.0888. The van der Waals surface area contributed by atoms with Crippen molar-refractivity contribution >= 4 is 5.96 Å². The van der Waals surface area contributed by atoms with Crippen LogP contribution in [0.15, 0.2) is 29.3 Å².